The average molecular weight is 404 g/mol. The highest BCUT2D eigenvalue weighted by Gasteiger charge is 2.29. The summed E-state index contributed by atoms with van der Waals surface area (Å²) in [4.78, 5) is 38.8. The first-order valence-electron chi connectivity index (χ1n) is 8.99. The minimum atomic E-state index is -0.526. The topological polar surface area (TPSA) is 75.7 Å². The lowest BCUT2D eigenvalue weighted by atomic mass is 9.97. The van der Waals surface area contributed by atoms with E-state index in [4.69, 9.17) is 4.74 Å². The van der Waals surface area contributed by atoms with Gasteiger partial charge in [0.25, 0.3) is 11.8 Å². The van der Waals surface area contributed by atoms with Crippen molar-refractivity contribution in [2.75, 3.05) is 25.0 Å². The third kappa shape index (κ3) is 4.95. The van der Waals surface area contributed by atoms with Crippen LogP contribution in [0.5, 0.6) is 0 Å². The molecule has 148 valence electrons. The number of amides is 2. The fourth-order valence-corrected chi connectivity index (χ4v) is 3.69. The molecule has 28 heavy (non-hydrogen) atoms. The van der Waals surface area contributed by atoms with Crippen LogP contribution in [-0.4, -0.2) is 42.4 Å². The van der Waals surface area contributed by atoms with Gasteiger partial charge in [-0.25, -0.2) is 4.39 Å². The molecule has 1 aromatic carbocycles. The Bertz CT molecular complexity index is 861. The van der Waals surface area contributed by atoms with Gasteiger partial charge in [-0.3, -0.25) is 14.4 Å². The molecule has 0 spiro atoms. The predicted molar refractivity (Wildman–Crippen MR) is 104 cm³/mol. The average Bonchev–Trinajstić information content (AvgIpc) is 3.23. The zero-order valence-electron chi connectivity index (χ0n) is 15.4. The number of anilines is 1. The van der Waals surface area contributed by atoms with E-state index < -0.39 is 24.3 Å². The van der Waals surface area contributed by atoms with Gasteiger partial charge in [0, 0.05) is 18.8 Å². The van der Waals surface area contributed by atoms with Crippen LogP contribution >= 0.6 is 11.3 Å². The summed E-state index contributed by atoms with van der Waals surface area (Å²) in [6, 6.07) is 7.97. The van der Waals surface area contributed by atoms with Gasteiger partial charge in [0.15, 0.2) is 6.61 Å². The molecule has 1 fully saturated rings. The molecule has 2 aromatic rings. The molecule has 1 aliphatic heterocycles. The Morgan fingerprint density at radius 3 is 2.64 bits per heavy atom. The second-order valence-electron chi connectivity index (χ2n) is 6.66. The first-order chi connectivity index (χ1) is 13.4. The second kappa shape index (κ2) is 8.97. The number of rotatable bonds is 5. The number of halogens is 1. The van der Waals surface area contributed by atoms with Gasteiger partial charge in [0.2, 0.25) is 0 Å². The number of hydrogen-bond acceptors (Lipinski definition) is 5. The summed E-state index contributed by atoms with van der Waals surface area (Å²) in [5.41, 5.74) is 0.790. The van der Waals surface area contributed by atoms with E-state index in [2.05, 4.69) is 5.32 Å². The molecule has 3 rings (SSSR count). The van der Waals surface area contributed by atoms with Crippen LogP contribution in [0.25, 0.3) is 0 Å². The van der Waals surface area contributed by atoms with Crippen molar-refractivity contribution in [3.05, 3.63) is 52.0 Å². The molecule has 0 aliphatic carbocycles. The number of nitrogens with one attached hydrogen (secondary N) is 1. The van der Waals surface area contributed by atoms with Crippen LogP contribution in [0.4, 0.5) is 10.1 Å². The fraction of sp³-hybridized carbons (Fsp3) is 0.350. The number of likely N-dealkylation sites (tertiary alicyclic amines) is 1. The lowest BCUT2D eigenvalue weighted by Gasteiger charge is -2.30. The molecule has 0 atom stereocenters. The normalized spacial score (nSPS) is 14.6. The summed E-state index contributed by atoms with van der Waals surface area (Å²) < 4.78 is 18.6. The number of ether oxygens (including phenoxy) is 1. The predicted octanol–water partition coefficient (Wildman–Crippen LogP) is 3.23. The fourth-order valence-electron chi connectivity index (χ4n) is 3.00. The number of carbonyl (C=O) groups excluding carboxylic acids is 3. The third-order valence-electron chi connectivity index (χ3n) is 4.65. The molecule has 1 aromatic heterocycles. The Hall–Kier alpha value is -2.74. The maximum atomic E-state index is 13.5. The number of benzene rings is 1. The van der Waals surface area contributed by atoms with Crippen LogP contribution in [0.3, 0.4) is 0 Å². The van der Waals surface area contributed by atoms with Crippen molar-refractivity contribution in [2.24, 2.45) is 5.92 Å². The van der Waals surface area contributed by atoms with Crippen molar-refractivity contribution in [3.63, 3.8) is 0 Å². The number of esters is 1. The van der Waals surface area contributed by atoms with E-state index in [-0.39, 0.29) is 11.8 Å². The van der Waals surface area contributed by atoms with Crippen LogP contribution in [0.15, 0.2) is 35.7 Å². The summed E-state index contributed by atoms with van der Waals surface area (Å²) in [6.07, 6.45) is 1.00. The minimum absolute atomic E-state index is 0.0217. The van der Waals surface area contributed by atoms with E-state index in [0.717, 1.165) is 0 Å². The maximum Gasteiger partial charge on any atom is 0.309 e. The van der Waals surface area contributed by atoms with Crippen LogP contribution < -0.4 is 5.32 Å². The highest BCUT2D eigenvalue weighted by molar-refractivity contribution is 7.12. The molecule has 0 saturated carbocycles. The molecule has 0 unspecified atom stereocenters. The van der Waals surface area contributed by atoms with Gasteiger partial charge < -0.3 is 15.0 Å². The first-order valence-corrected chi connectivity index (χ1v) is 9.87. The number of aryl methyl sites for hydroxylation is 1. The SMILES string of the molecule is Cc1ccc(NC(=O)COC(=O)C2CCN(C(=O)c3cccs3)CC2)cc1F. The molecule has 1 aliphatic rings. The van der Waals surface area contributed by atoms with E-state index >= 15 is 0 Å². The molecule has 1 saturated heterocycles. The zero-order valence-corrected chi connectivity index (χ0v) is 16.3. The van der Waals surface area contributed by atoms with Gasteiger partial charge in [0.05, 0.1) is 10.8 Å². The molecule has 8 heteroatoms. The smallest absolute Gasteiger partial charge is 0.309 e. The lowest BCUT2D eigenvalue weighted by molar-refractivity contribution is -0.152. The molecule has 6 nitrogen and oxygen atoms in total. The first kappa shape index (κ1) is 20.0. The Morgan fingerprint density at radius 2 is 2.00 bits per heavy atom. The van der Waals surface area contributed by atoms with E-state index in [1.807, 2.05) is 11.4 Å². The Balaban J connectivity index is 1.42. The molecular weight excluding hydrogens is 383 g/mol. The number of carbonyl (C=O) groups is 3. The lowest BCUT2D eigenvalue weighted by Crippen LogP contribution is -2.40. The van der Waals surface area contributed by atoms with Crippen LogP contribution in [-0.2, 0) is 14.3 Å². The summed E-state index contributed by atoms with van der Waals surface area (Å²) in [5, 5.41) is 4.35. The molecule has 2 amide bonds. The minimum Gasteiger partial charge on any atom is -0.455 e. The van der Waals surface area contributed by atoms with Crippen molar-refractivity contribution in [2.45, 2.75) is 19.8 Å². The van der Waals surface area contributed by atoms with E-state index in [1.54, 1.807) is 30.0 Å². The quantitative estimate of drug-likeness (QED) is 0.777. The van der Waals surface area contributed by atoms with Crippen molar-refractivity contribution >= 4 is 34.8 Å². The van der Waals surface area contributed by atoms with Crippen molar-refractivity contribution in [1.82, 2.24) is 4.90 Å². The summed E-state index contributed by atoms with van der Waals surface area (Å²) in [7, 11) is 0. The summed E-state index contributed by atoms with van der Waals surface area (Å²) in [6.45, 7) is 2.15. The van der Waals surface area contributed by atoms with Crippen molar-refractivity contribution < 1.29 is 23.5 Å². The molecule has 0 radical (unpaired) electrons. The van der Waals surface area contributed by atoms with Gasteiger partial charge >= 0.3 is 5.97 Å². The zero-order chi connectivity index (χ0) is 20.1. The molecular formula is C20H21FN2O4S. The number of thiophene rings is 1. The Morgan fingerprint density at radius 1 is 1.25 bits per heavy atom. The van der Waals surface area contributed by atoms with Crippen LogP contribution in [0, 0.1) is 18.7 Å². The van der Waals surface area contributed by atoms with E-state index in [0.29, 0.717) is 42.1 Å². The van der Waals surface area contributed by atoms with Gasteiger partial charge in [0.1, 0.15) is 5.82 Å². The standard InChI is InChI=1S/C20H21FN2O4S/c1-13-4-5-15(11-16(13)21)22-18(24)12-27-20(26)14-6-8-23(9-7-14)19(25)17-3-2-10-28-17/h2-5,10-11,14H,6-9,12H2,1H3,(H,22,24). The Kier molecular flexibility index (Phi) is 6.41. The molecule has 1 N–H and O–H groups in total. The van der Waals surface area contributed by atoms with E-state index in [1.165, 1.54) is 17.4 Å². The van der Waals surface area contributed by atoms with Gasteiger partial charge in [-0.15, -0.1) is 11.3 Å². The number of hydrogen-bond donors (Lipinski definition) is 1. The number of nitrogens with zero attached hydrogens (tertiary/aromatic N) is 1. The molecule has 2 heterocycles. The monoisotopic (exact) mass is 404 g/mol. The Labute approximate surface area is 166 Å². The summed E-state index contributed by atoms with van der Waals surface area (Å²) >= 11 is 1.39. The van der Waals surface area contributed by atoms with Gasteiger partial charge in [-0.05, 0) is 48.9 Å². The second-order valence-corrected chi connectivity index (χ2v) is 7.61. The van der Waals surface area contributed by atoms with Crippen LogP contribution in [0.2, 0.25) is 0 Å². The maximum absolute atomic E-state index is 13.5. The highest BCUT2D eigenvalue weighted by atomic mass is 32.1. The third-order valence-corrected chi connectivity index (χ3v) is 5.51. The largest absolute Gasteiger partial charge is 0.455 e. The van der Waals surface area contributed by atoms with Gasteiger partial charge in [-0.2, -0.15) is 0 Å². The summed E-state index contributed by atoms with van der Waals surface area (Å²) in [5.74, 6) is -1.75. The molecule has 0 bridgehead atoms. The number of piperidine rings is 1. The van der Waals surface area contributed by atoms with Crippen molar-refractivity contribution in [1.29, 1.82) is 0 Å². The van der Waals surface area contributed by atoms with Crippen molar-refractivity contribution in [3.8, 4) is 0 Å². The highest BCUT2D eigenvalue weighted by Crippen LogP contribution is 2.22. The van der Waals surface area contributed by atoms with Gasteiger partial charge in [-0.1, -0.05) is 12.1 Å². The van der Waals surface area contributed by atoms with Crippen LogP contribution in [0.1, 0.15) is 28.1 Å². The van der Waals surface area contributed by atoms with E-state index in [9.17, 15) is 18.8 Å².